The van der Waals surface area contributed by atoms with Crippen molar-refractivity contribution in [3.8, 4) is 0 Å². The molecule has 0 saturated heterocycles. The van der Waals surface area contributed by atoms with Gasteiger partial charge in [0.05, 0.1) is 26.4 Å². The number of aliphatic hydroxyl groups is 2. The molecule has 0 unspecified atom stereocenters. The van der Waals surface area contributed by atoms with Crippen molar-refractivity contribution in [3.63, 3.8) is 0 Å². The Hall–Kier alpha value is 0.540. The molecule has 6 heteroatoms. The number of aliphatic hydroxyl groups excluding tert-OH is 2. The predicted octanol–water partition coefficient (Wildman–Crippen LogP) is 7.41. The normalized spacial score (nSPS) is 11.4. The van der Waals surface area contributed by atoms with Crippen molar-refractivity contribution in [3.05, 3.63) is 0 Å². The van der Waals surface area contributed by atoms with Crippen molar-refractivity contribution in [1.82, 2.24) is 0 Å². The highest BCUT2D eigenvalue weighted by atomic mass is 33.1. The molecule has 0 amide bonds. The summed E-state index contributed by atoms with van der Waals surface area (Å²) in [6.07, 6.45) is 24.2. The Labute approximate surface area is 207 Å². The molecule has 0 aliphatic heterocycles. The first-order valence-electron chi connectivity index (χ1n) is 13.5. The lowest BCUT2D eigenvalue weighted by Crippen LogP contribution is -2.00. The van der Waals surface area contributed by atoms with Crippen LogP contribution in [0.1, 0.15) is 116 Å². The molecule has 0 bridgehead atoms. The zero-order chi connectivity index (χ0) is 23.2. The highest BCUT2D eigenvalue weighted by molar-refractivity contribution is 8.76. The van der Waals surface area contributed by atoms with Crippen LogP contribution in [-0.2, 0) is 9.47 Å². The Morgan fingerprint density at radius 2 is 0.625 bits per heavy atom. The first-order chi connectivity index (χ1) is 15.9. The minimum Gasteiger partial charge on any atom is -0.394 e. The van der Waals surface area contributed by atoms with E-state index >= 15 is 0 Å². The van der Waals surface area contributed by atoms with Crippen LogP contribution in [0.2, 0.25) is 0 Å². The highest BCUT2D eigenvalue weighted by Crippen LogP contribution is 2.25. The van der Waals surface area contributed by atoms with Crippen molar-refractivity contribution < 1.29 is 19.7 Å². The van der Waals surface area contributed by atoms with Gasteiger partial charge >= 0.3 is 0 Å². The maximum atomic E-state index is 8.63. The zero-order valence-electron chi connectivity index (χ0n) is 20.9. The molecule has 0 atom stereocenters. The predicted molar refractivity (Wildman–Crippen MR) is 144 cm³/mol. The van der Waals surface area contributed by atoms with E-state index in [1.54, 1.807) is 0 Å². The molecular formula is C26H54O4S2. The summed E-state index contributed by atoms with van der Waals surface area (Å²) < 4.78 is 10.6. The lowest BCUT2D eigenvalue weighted by atomic mass is 10.1. The molecule has 0 aliphatic carbocycles. The summed E-state index contributed by atoms with van der Waals surface area (Å²) in [5.74, 6) is 2.65. The molecule has 4 nitrogen and oxygen atoms in total. The van der Waals surface area contributed by atoms with Crippen molar-refractivity contribution in [2.75, 3.05) is 51.1 Å². The largest absolute Gasteiger partial charge is 0.394 e. The maximum Gasteiger partial charge on any atom is 0.0697 e. The number of hydrogen-bond donors (Lipinski definition) is 2. The molecule has 0 saturated carbocycles. The average Bonchev–Trinajstić information content (AvgIpc) is 2.81. The van der Waals surface area contributed by atoms with Gasteiger partial charge in [-0.25, -0.2) is 0 Å². The van der Waals surface area contributed by atoms with Crippen LogP contribution in [0.5, 0.6) is 0 Å². The van der Waals surface area contributed by atoms with E-state index in [4.69, 9.17) is 19.7 Å². The lowest BCUT2D eigenvalue weighted by molar-refractivity contribution is 0.0895. The molecule has 0 spiro atoms. The van der Waals surface area contributed by atoms with Gasteiger partial charge in [0.15, 0.2) is 0 Å². The van der Waals surface area contributed by atoms with Crippen molar-refractivity contribution in [1.29, 1.82) is 0 Å². The van der Waals surface area contributed by atoms with E-state index in [9.17, 15) is 0 Å². The molecule has 194 valence electrons. The van der Waals surface area contributed by atoms with Crippen molar-refractivity contribution in [2.24, 2.45) is 0 Å². The Morgan fingerprint density at radius 3 is 0.938 bits per heavy atom. The van der Waals surface area contributed by atoms with Crippen LogP contribution in [0.25, 0.3) is 0 Å². The fourth-order valence-electron chi connectivity index (χ4n) is 3.66. The van der Waals surface area contributed by atoms with Crippen LogP contribution < -0.4 is 0 Å². The molecule has 0 rings (SSSR count). The van der Waals surface area contributed by atoms with Crippen LogP contribution in [0.4, 0.5) is 0 Å². The number of ether oxygens (including phenoxy) is 2. The van der Waals surface area contributed by atoms with Gasteiger partial charge in [-0.1, -0.05) is 111 Å². The summed E-state index contributed by atoms with van der Waals surface area (Å²) in [5.41, 5.74) is 0. The number of unbranched alkanes of at least 4 members (excludes halogenated alkanes) is 16. The van der Waals surface area contributed by atoms with Gasteiger partial charge in [-0.2, -0.15) is 0 Å². The Bertz CT molecular complexity index is 292. The monoisotopic (exact) mass is 494 g/mol. The van der Waals surface area contributed by atoms with E-state index in [0.29, 0.717) is 13.2 Å². The molecule has 32 heavy (non-hydrogen) atoms. The third-order valence-electron chi connectivity index (χ3n) is 5.59. The second kappa shape index (κ2) is 31.5. The first kappa shape index (κ1) is 32.5. The minimum absolute atomic E-state index is 0.143. The van der Waals surface area contributed by atoms with E-state index in [-0.39, 0.29) is 13.2 Å². The third kappa shape index (κ3) is 30.5. The quantitative estimate of drug-likeness (QED) is 0.0834. The fourth-order valence-corrected chi connectivity index (χ4v) is 5.95. The summed E-state index contributed by atoms with van der Waals surface area (Å²) in [6.45, 7) is 2.88. The molecular weight excluding hydrogens is 440 g/mol. The van der Waals surface area contributed by atoms with Gasteiger partial charge in [-0.15, -0.1) is 0 Å². The summed E-state index contributed by atoms with van der Waals surface area (Å²) in [5, 5.41) is 17.3. The van der Waals surface area contributed by atoms with Crippen LogP contribution in [0.15, 0.2) is 0 Å². The summed E-state index contributed by atoms with van der Waals surface area (Å²) in [6, 6.07) is 0. The van der Waals surface area contributed by atoms with Gasteiger partial charge in [-0.3, -0.25) is 0 Å². The van der Waals surface area contributed by atoms with Crippen LogP contribution in [0, 0.1) is 0 Å². The topological polar surface area (TPSA) is 58.9 Å². The van der Waals surface area contributed by atoms with Gasteiger partial charge in [0.2, 0.25) is 0 Å². The van der Waals surface area contributed by atoms with E-state index in [1.165, 1.54) is 114 Å². The molecule has 0 aliphatic rings. The molecule has 2 N–H and O–H groups in total. The van der Waals surface area contributed by atoms with Crippen molar-refractivity contribution in [2.45, 2.75) is 116 Å². The van der Waals surface area contributed by atoms with Gasteiger partial charge in [0.25, 0.3) is 0 Å². The molecule has 0 aromatic heterocycles. The molecule has 0 aromatic rings. The van der Waals surface area contributed by atoms with E-state index in [2.05, 4.69) is 21.6 Å². The average molecular weight is 495 g/mol. The Kier molecular flexibility index (Phi) is 32.1. The summed E-state index contributed by atoms with van der Waals surface area (Å²) in [7, 11) is 4.17. The second-order valence-corrected chi connectivity index (χ2v) is 11.4. The molecule has 0 heterocycles. The molecule has 0 fully saturated rings. The fraction of sp³-hybridized carbons (Fsp3) is 1.00. The minimum atomic E-state index is 0.143. The standard InChI is InChI=1S/C26H54O4S2/c27-19-23-29-21-15-11-7-3-1-5-9-13-17-25-31-32-26-18-14-10-6-2-4-8-12-16-22-30-24-20-28/h27-28H,1-26H2. The van der Waals surface area contributed by atoms with Crippen LogP contribution >= 0.6 is 21.6 Å². The third-order valence-corrected chi connectivity index (χ3v) is 8.16. The highest BCUT2D eigenvalue weighted by Gasteiger charge is 1.97. The lowest BCUT2D eigenvalue weighted by Gasteiger charge is -2.04. The number of rotatable bonds is 29. The Balaban J connectivity index is 2.98. The van der Waals surface area contributed by atoms with Gasteiger partial charge < -0.3 is 19.7 Å². The van der Waals surface area contributed by atoms with Gasteiger partial charge in [-0.05, 0) is 25.7 Å². The van der Waals surface area contributed by atoms with E-state index in [1.807, 2.05) is 0 Å². The molecule has 0 aromatic carbocycles. The Morgan fingerprint density at radius 1 is 0.344 bits per heavy atom. The summed E-state index contributed by atoms with van der Waals surface area (Å²) >= 11 is 0. The van der Waals surface area contributed by atoms with Crippen LogP contribution in [-0.4, -0.2) is 61.4 Å². The molecule has 0 radical (unpaired) electrons. The maximum absolute atomic E-state index is 8.63. The van der Waals surface area contributed by atoms with Gasteiger partial charge in [0.1, 0.15) is 0 Å². The van der Waals surface area contributed by atoms with E-state index < -0.39 is 0 Å². The smallest absolute Gasteiger partial charge is 0.0697 e. The second-order valence-electron chi connectivity index (χ2n) is 8.68. The van der Waals surface area contributed by atoms with Crippen molar-refractivity contribution >= 4 is 21.6 Å². The number of hydrogen-bond acceptors (Lipinski definition) is 6. The SMILES string of the molecule is OCCOCCCCCCCCCCCSSCCCCCCCCCCCOCCO. The van der Waals surface area contributed by atoms with Crippen LogP contribution in [0.3, 0.4) is 0 Å². The van der Waals surface area contributed by atoms with E-state index in [0.717, 1.165) is 26.1 Å². The van der Waals surface area contributed by atoms with Gasteiger partial charge in [0, 0.05) is 24.7 Å². The summed E-state index contributed by atoms with van der Waals surface area (Å²) in [4.78, 5) is 0. The first-order valence-corrected chi connectivity index (χ1v) is 16.0. The zero-order valence-corrected chi connectivity index (χ0v) is 22.5.